The largest absolute Gasteiger partial charge is 0.496 e. The smallest absolute Gasteiger partial charge is 0.134 e. The van der Waals surface area contributed by atoms with Crippen molar-refractivity contribution in [1.82, 2.24) is 5.32 Å². The van der Waals surface area contributed by atoms with Gasteiger partial charge in [0, 0.05) is 15.8 Å². The molecule has 0 spiro atoms. The van der Waals surface area contributed by atoms with E-state index < -0.39 is 0 Å². The van der Waals surface area contributed by atoms with Crippen LogP contribution in [-0.2, 0) is 6.42 Å². The SMILES string of the molecule is CCNC(Cc1sccc1Br)c1sccc1OC. The summed E-state index contributed by atoms with van der Waals surface area (Å²) >= 11 is 7.14. The summed E-state index contributed by atoms with van der Waals surface area (Å²) in [5, 5.41) is 7.75. The van der Waals surface area contributed by atoms with Crippen LogP contribution in [0.2, 0.25) is 0 Å². The summed E-state index contributed by atoms with van der Waals surface area (Å²) in [6.45, 7) is 3.09. The molecule has 5 heteroatoms. The summed E-state index contributed by atoms with van der Waals surface area (Å²) in [5.74, 6) is 0.985. The molecule has 2 heterocycles. The minimum absolute atomic E-state index is 0.319. The lowest BCUT2D eigenvalue weighted by Gasteiger charge is -2.17. The van der Waals surface area contributed by atoms with Crippen LogP contribution in [0.1, 0.15) is 22.7 Å². The second kappa shape index (κ2) is 6.70. The normalized spacial score (nSPS) is 12.6. The average molecular weight is 346 g/mol. The molecular formula is C13H16BrNOS2. The van der Waals surface area contributed by atoms with Gasteiger partial charge in [-0.15, -0.1) is 22.7 Å². The summed E-state index contributed by atoms with van der Waals surface area (Å²) in [4.78, 5) is 2.65. The molecule has 1 N–H and O–H groups in total. The van der Waals surface area contributed by atoms with Gasteiger partial charge in [0.15, 0.2) is 0 Å². The maximum absolute atomic E-state index is 5.42. The zero-order valence-electron chi connectivity index (χ0n) is 10.4. The standard InChI is InChI=1S/C13H16BrNOS2/c1-3-15-10(8-12-9(14)4-6-17-12)13-11(16-2)5-7-18-13/h4-7,10,15H,3,8H2,1-2H3. The Morgan fingerprint density at radius 1 is 1.33 bits per heavy atom. The van der Waals surface area contributed by atoms with E-state index in [0.717, 1.165) is 18.7 Å². The number of thiophene rings is 2. The summed E-state index contributed by atoms with van der Waals surface area (Å²) < 4.78 is 6.62. The van der Waals surface area contributed by atoms with E-state index in [1.165, 1.54) is 14.2 Å². The Labute approximate surface area is 124 Å². The fourth-order valence-electron chi connectivity index (χ4n) is 1.89. The predicted molar refractivity (Wildman–Crippen MR) is 83.0 cm³/mol. The molecule has 0 saturated heterocycles. The van der Waals surface area contributed by atoms with Gasteiger partial charge >= 0.3 is 0 Å². The summed E-state index contributed by atoms with van der Waals surface area (Å²) in [6, 6.07) is 4.46. The Balaban J connectivity index is 2.21. The van der Waals surface area contributed by atoms with Gasteiger partial charge in [-0.3, -0.25) is 0 Å². The number of ether oxygens (including phenoxy) is 1. The molecule has 2 aromatic rings. The van der Waals surface area contributed by atoms with Crippen molar-refractivity contribution < 1.29 is 4.74 Å². The summed E-state index contributed by atoms with van der Waals surface area (Å²) in [6.07, 6.45) is 0.989. The minimum Gasteiger partial charge on any atom is -0.496 e. The van der Waals surface area contributed by atoms with Gasteiger partial charge < -0.3 is 10.1 Å². The van der Waals surface area contributed by atoms with E-state index in [2.05, 4.69) is 45.0 Å². The van der Waals surface area contributed by atoms with Gasteiger partial charge in [0.05, 0.1) is 18.0 Å². The van der Waals surface area contributed by atoms with E-state index in [1.54, 1.807) is 29.8 Å². The van der Waals surface area contributed by atoms with Gasteiger partial charge in [-0.05, 0) is 45.4 Å². The first kappa shape index (κ1) is 14.1. The lowest BCUT2D eigenvalue weighted by Crippen LogP contribution is -2.22. The second-order valence-corrected chi connectivity index (χ2v) is 6.66. The molecule has 1 atom stereocenters. The number of methoxy groups -OCH3 is 1. The monoisotopic (exact) mass is 345 g/mol. The summed E-state index contributed by atoms with van der Waals surface area (Å²) in [7, 11) is 1.73. The van der Waals surface area contributed by atoms with Crippen molar-refractivity contribution in [3.63, 3.8) is 0 Å². The highest BCUT2D eigenvalue weighted by molar-refractivity contribution is 9.10. The molecule has 0 saturated carbocycles. The molecule has 0 aliphatic rings. The first-order valence-electron chi connectivity index (χ1n) is 5.82. The zero-order chi connectivity index (χ0) is 13.0. The van der Waals surface area contributed by atoms with Crippen molar-refractivity contribution in [2.24, 2.45) is 0 Å². The molecule has 0 aliphatic carbocycles. The van der Waals surface area contributed by atoms with Crippen molar-refractivity contribution in [2.45, 2.75) is 19.4 Å². The van der Waals surface area contributed by atoms with Crippen molar-refractivity contribution in [3.05, 3.63) is 37.1 Å². The van der Waals surface area contributed by atoms with Crippen LogP contribution in [0.4, 0.5) is 0 Å². The highest BCUT2D eigenvalue weighted by Crippen LogP contribution is 2.35. The Morgan fingerprint density at radius 3 is 2.72 bits per heavy atom. The number of hydrogen-bond acceptors (Lipinski definition) is 4. The van der Waals surface area contributed by atoms with Crippen LogP contribution < -0.4 is 10.1 Å². The lowest BCUT2D eigenvalue weighted by molar-refractivity contribution is 0.403. The van der Waals surface area contributed by atoms with Crippen molar-refractivity contribution in [3.8, 4) is 5.75 Å². The molecule has 98 valence electrons. The fraction of sp³-hybridized carbons (Fsp3) is 0.385. The molecule has 2 aromatic heterocycles. The van der Waals surface area contributed by atoms with Crippen LogP contribution in [0.5, 0.6) is 5.75 Å². The van der Waals surface area contributed by atoms with E-state index in [1.807, 2.05) is 6.07 Å². The van der Waals surface area contributed by atoms with Gasteiger partial charge in [-0.1, -0.05) is 6.92 Å². The highest BCUT2D eigenvalue weighted by atomic mass is 79.9. The van der Waals surface area contributed by atoms with Crippen LogP contribution in [0.3, 0.4) is 0 Å². The average Bonchev–Trinajstić information content (AvgIpc) is 2.98. The molecule has 0 fully saturated rings. The van der Waals surface area contributed by atoms with Gasteiger partial charge in [0.25, 0.3) is 0 Å². The van der Waals surface area contributed by atoms with E-state index >= 15 is 0 Å². The molecule has 0 aliphatic heterocycles. The Hall–Kier alpha value is -0.360. The number of hydrogen-bond donors (Lipinski definition) is 1. The fourth-order valence-corrected chi connectivity index (χ4v) is 4.39. The van der Waals surface area contributed by atoms with E-state index in [0.29, 0.717) is 6.04 Å². The van der Waals surface area contributed by atoms with Gasteiger partial charge in [0.1, 0.15) is 5.75 Å². The first-order chi connectivity index (χ1) is 8.76. The maximum Gasteiger partial charge on any atom is 0.134 e. The van der Waals surface area contributed by atoms with Crippen LogP contribution in [0.25, 0.3) is 0 Å². The first-order valence-corrected chi connectivity index (χ1v) is 8.38. The van der Waals surface area contributed by atoms with Crippen LogP contribution >= 0.6 is 38.6 Å². The predicted octanol–water partition coefficient (Wildman–Crippen LogP) is 4.47. The molecule has 2 rings (SSSR count). The Bertz CT molecular complexity index is 495. The van der Waals surface area contributed by atoms with Crippen LogP contribution in [-0.4, -0.2) is 13.7 Å². The van der Waals surface area contributed by atoms with Crippen molar-refractivity contribution in [2.75, 3.05) is 13.7 Å². The highest BCUT2D eigenvalue weighted by Gasteiger charge is 2.18. The molecule has 0 amide bonds. The van der Waals surface area contributed by atoms with E-state index in [-0.39, 0.29) is 0 Å². The molecule has 2 nitrogen and oxygen atoms in total. The molecular weight excluding hydrogens is 330 g/mol. The summed E-state index contributed by atoms with van der Waals surface area (Å²) in [5.41, 5.74) is 0. The second-order valence-electron chi connectivity index (χ2n) is 3.86. The zero-order valence-corrected chi connectivity index (χ0v) is 13.6. The van der Waals surface area contributed by atoms with Crippen LogP contribution in [0, 0.1) is 0 Å². The third kappa shape index (κ3) is 3.15. The van der Waals surface area contributed by atoms with Crippen LogP contribution in [0.15, 0.2) is 27.4 Å². The lowest BCUT2D eigenvalue weighted by atomic mass is 10.1. The number of likely N-dealkylation sites (N-methyl/N-ethyl adjacent to an activating group) is 1. The third-order valence-electron chi connectivity index (χ3n) is 2.72. The van der Waals surface area contributed by atoms with Gasteiger partial charge in [-0.2, -0.15) is 0 Å². The van der Waals surface area contributed by atoms with Gasteiger partial charge in [0.2, 0.25) is 0 Å². The molecule has 0 aromatic carbocycles. The number of nitrogens with one attached hydrogen (secondary N) is 1. The van der Waals surface area contributed by atoms with Crippen molar-refractivity contribution >= 4 is 38.6 Å². The van der Waals surface area contributed by atoms with Crippen molar-refractivity contribution in [1.29, 1.82) is 0 Å². The molecule has 0 bridgehead atoms. The van der Waals surface area contributed by atoms with E-state index in [9.17, 15) is 0 Å². The quantitative estimate of drug-likeness (QED) is 0.833. The minimum atomic E-state index is 0.319. The Kier molecular flexibility index (Phi) is 5.24. The molecule has 1 unspecified atom stereocenters. The maximum atomic E-state index is 5.42. The molecule has 18 heavy (non-hydrogen) atoms. The Morgan fingerprint density at radius 2 is 2.11 bits per heavy atom. The van der Waals surface area contributed by atoms with Gasteiger partial charge in [-0.25, -0.2) is 0 Å². The number of halogens is 1. The van der Waals surface area contributed by atoms with E-state index in [4.69, 9.17) is 4.74 Å². The molecule has 0 radical (unpaired) electrons. The number of rotatable bonds is 6. The third-order valence-corrected chi connectivity index (χ3v) is 5.69. The topological polar surface area (TPSA) is 21.3 Å².